The Morgan fingerprint density at radius 1 is 1.33 bits per heavy atom. The summed E-state index contributed by atoms with van der Waals surface area (Å²) in [5, 5.41) is 3.71. The van der Waals surface area contributed by atoms with Gasteiger partial charge in [-0.2, -0.15) is 11.8 Å². The SMILES string of the molecule is CCNC1c2ccccc2CCC1CCCSC. The van der Waals surface area contributed by atoms with Gasteiger partial charge in [-0.25, -0.2) is 0 Å². The van der Waals surface area contributed by atoms with E-state index in [2.05, 4.69) is 42.8 Å². The highest BCUT2D eigenvalue weighted by Crippen LogP contribution is 2.36. The van der Waals surface area contributed by atoms with Crippen LogP contribution in [-0.4, -0.2) is 18.6 Å². The molecular formula is C16H25NS. The molecule has 0 heterocycles. The van der Waals surface area contributed by atoms with Gasteiger partial charge in [-0.15, -0.1) is 0 Å². The van der Waals surface area contributed by atoms with Gasteiger partial charge in [0.2, 0.25) is 0 Å². The average Bonchev–Trinajstić information content (AvgIpc) is 2.41. The third kappa shape index (κ3) is 3.30. The maximum Gasteiger partial charge on any atom is 0.0351 e. The summed E-state index contributed by atoms with van der Waals surface area (Å²) in [6.07, 6.45) is 7.55. The first kappa shape index (κ1) is 14.0. The number of fused-ring (bicyclic) bond motifs is 1. The first-order valence-electron chi connectivity index (χ1n) is 7.17. The van der Waals surface area contributed by atoms with E-state index < -0.39 is 0 Å². The van der Waals surface area contributed by atoms with Crippen LogP contribution in [0.2, 0.25) is 0 Å². The summed E-state index contributed by atoms with van der Waals surface area (Å²) in [5.74, 6) is 2.13. The number of benzene rings is 1. The molecule has 1 aromatic rings. The third-order valence-electron chi connectivity index (χ3n) is 3.99. The van der Waals surface area contributed by atoms with Crippen LogP contribution in [0.5, 0.6) is 0 Å². The predicted molar refractivity (Wildman–Crippen MR) is 82.3 cm³/mol. The van der Waals surface area contributed by atoms with Crippen molar-refractivity contribution in [2.24, 2.45) is 5.92 Å². The molecule has 0 saturated carbocycles. The van der Waals surface area contributed by atoms with Crippen LogP contribution in [0.1, 0.15) is 43.4 Å². The Morgan fingerprint density at radius 2 is 2.17 bits per heavy atom. The molecule has 0 radical (unpaired) electrons. The molecule has 18 heavy (non-hydrogen) atoms. The molecule has 1 nitrogen and oxygen atoms in total. The fourth-order valence-corrected chi connectivity index (χ4v) is 3.58. The second-order valence-electron chi connectivity index (χ2n) is 5.17. The zero-order valence-electron chi connectivity index (χ0n) is 11.6. The van der Waals surface area contributed by atoms with Gasteiger partial charge in [0.15, 0.2) is 0 Å². The second-order valence-corrected chi connectivity index (χ2v) is 6.15. The van der Waals surface area contributed by atoms with Crippen LogP contribution in [0, 0.1) is 5.92 Å². The molecule has 100 valence electrons. The van der Waals surface area contributed by atoms with Crippen molar-refractivity contribution in [2.45, 2.75) is 38.6 Å². The standard InChI is InChI=1S/C16H25NS/c1-3-17-16-14(8-6-12-18-2)11-10-13-7-4-5-9-15(13)16/h4-5,7,9,14,16-17H,3,6,8,10-12H2,1-2H3. The van der Waals surface area contributed by atoms with Crippen LogP contribution >= 0.6 is 11.8 Å². The Morgan fingerprint density at radius 3 is 2.94 bits per heavy atom. The molecular weight excluding hydrogens is 238 g/mol. The highest BCUT2D eigenvalue weighted by atomic mass is 32.2. The zero-order chi connectivity index (χ0) is 12.8. The fraction of sp³-hybridized carbons (Fsp3) is 0.625. The van der Waals surface area contributed by atoms with Crippen molar-refractivity contribution in [1.29, 1.82) is 0 Å². The van der Waals surface area contributed by atoms with E-state index in [4.69, 9.17) is 0 Å². The summed E-state index contributed by atoms with van der Waals surface area (Å²) in [4.78, 5) is 0. The van der Waals surface area contributed by atoms with E-state index in [9.17, 15) is 0 Å². The van der Waals surface area contributed by atoms with Gasteiger partial charge in [-0.1, -0.05) is 31.2 Å². The van der Waals surface area contributed by atoms with Gasteiger partial charge >= 0.3 is 0 Å². The Balaban J connectivity index is 2.08. The number of thioether (sulfide) groups is 1. The van der Waals surface area contributed by atoms with Crippen LogP contribution in [0.3, 0.4) is 0 Å². The smallest absolute Gasteiger partial charge is 0.0351 e. The summed E-state index contributed by atoms with van der Waals surface area (Å²) in [6.45, 7) is 3.29. The minimum absolute atomic E-state index is 0.585. The highest BCUT2D eigenvalue weighted by molar-refractivity contribution is 7.98. The first-order valence-corrected chi connectivity index (χ1v) is 8.56. The van der Waals surface area contributed by atoms with Gasteiger partial charge in [0.05, 0.1) is 0 Å². The van der Waals surface area contributed by atoms with Crippen molar-refractivity contribution in [2.75, 3.05) is 18.6 Å². The van der Waals surface area contributed by atoms with Crippen LogP contribution in [0.4, 0.5) is 0 Å². The number of hydrogen-bond acceptors (Lipinski definition) is 2. The first-order chi connectivity index (χ1) is 8.86. The number of hydrogen-bond donors (Lipinski definition) is 1. The normalized spacial score (nSPS) is 22.8. The van der Waals surface area contributed by atoms with E-state index in [1.54, 1.807) is 11.1 Å². The largest absolute Gasteiger partial charge is 0.310 e. The van der Waals surface area contributed by atoms with Crippen molar-refractivity contribution < 1.29 is 0 Å². The highest BCUT2D eigenvalue weighted by Gasteiger charge is 2.27. The van der Waals surface area contributed by atoms with E-state index in [1.807, 2.05) is 11.8 Å². The molecule has 1 aliphatic carbocycles. The summed E-state index contributed by atoms with van der Waals surface area (Å²) in [7, 11) is 0. The Bertz CT molecular complexity index is 364. The predicted octanol–water partition coefficient (Wildman–Crippen LogP) is 4.04. The Hall–Kier alpha value is -0.470. The van der Waals surface area contributed by atoms with E-state index in [0.29, 0.717) is 6.04 Å². The van der Waals surface area contributed by atoms with E-state index >= 15 is 0 Å². The third-order valence-corrected chi connectivity index (χ3v) is 4.69. The average molecular weight is 263 g/mol. The molecule has 2 atom stereocenters. The van der Waals surface area contributed by atoms with Crippen molar-refractivity contribution in [3.05, 3.63) is 35.4 Å². The van der Waals surface area contributed by atoms with Gasteiger partial charge in [0.1, 0.15) is 0 Å². The molecule has 0 fully saturated rings. The van der Waals surface area contributed by atoms with Crippen molar-refractivity contribution >= 4 is 11.8 Å². The molecule has 2 heteroatoms. The molecule has 0 spiro atoms. The fourth-order valence-electron chi connectivity index (χ4n) is 3.12. The number of rotatable bonds is 6. The topological polar surface area (TPSA) is 12.0 Å². The molecule has 0 aliphatic heterocycles. The summed E-state index contributed by atoms with van der Waals surface area (Å²) >= 11 is 1.97. The number of nitrogens with one attached hydrogen (secondary N) is 1. The summed E-state index contributed by atoms with van der Waals surface area (Å²) in [5.41, 5.74) is 3.12. The lowest BCUT2D eigenvalue weighted by atomic mass is 9.77. The molecule has 1 aliphatic rings. The quantitative estimate of drug-likeness (QED) is 0.777. The van der Waals surface area contributed by atoms with Gasteiger partial charge in [-0.3, -0.25) is 0 Å². The molecule has 2 unspecified atom stereocenters. The lowest BCUT2D eigenvalue weighted by Gasteiger charge is -2.34. The van der Waals surface area contributed by atoms with E-state index in [-0.39, 0.29) is 0 Å². The van der Waals surface area contributed by atoms with E-state index in [1.165, 1.54) is 31.4 Å². The van der Waals surface area contributed by atoms with E-state index in [0.717, 1.165) is 12.5 Å². The Kier molecular flexibility index (Phi) is 5.58. The monoisotopic (exact) mass is 263 g/mol. The maximum atomic E-state index is 3.71. The molecule has 0 bridgehead atoms. The molecule has 0 saturated heterocycles. The van der Waals surface area contributed by atoms with Gasteiger partial charge in [0, 0.05) is 6.04 Å². The van der Waals surface area contributed by atoms with Crippen LogP contribution in [0.25, 0.3) is 0 Å². The Labute approximate surface area is 116 Å². The van der Waals surface area contributed by atoms with Crippen molar-refractivity contribution in [1.82, 2.24) is 5.32 Å². The molecule has 0 amide bonds. The molecule has 2 rings (SSSR count). The minimum Gasteiger partial charge on any atom is -0.310 e. The van der Waals surface area contributed by atoms with Gasteiger partial charge < -0.3 is 5.32 Å². The lowest BCUT2D eigenvalue weighted by molar-refractivity contribution is 0.305. The van der Waals surface area contributed by atoms with Crippen molar-refractivity contribution in [3.63, 3.8) is 0 Å². The van der Waals surface area contributed by atoms with Crippen molar-refractivity contribution in [3.8, 4) is 0 Å². The lowest BCUT2D eigenvalue weighted by Crippen LogP contribution is -2.32. The van der Waals surface area contributed by atoms with Gasteiger partial charge in [-0.05, 0) is 61.3 Å². The van der Waals surface area contributed by atoms with Crippen LogP contribution in [-0.2, 0) is 6.42 Å². The van der Waals surface area contributed by atoms with Crippen LogP contribution in [0.15, 0.2) is 24.3 Å². The summed E-state index contributed by atoms with van der Waals surface area (Å²) in [6, 6.07) is 9.58. The zero-order valence-corrected chi connectivity index (χ0v) is 12.4. The second kappa shape index (κ2) is 7.20. The number of aryl methyl sites for hydroxylation is 1. The molecule has 1 aromatic carbocycles. The maximum absolute atomic E-state index is 3.71. The molecule has 1 N–H and O–H groups in total. The van der Waals surface area contributed by atoms with Gasteiger partial charge in [0.25, 0.3) is 0 Å². The van der Waals surface area contributed by atoms with Crippen LogP contribution < -0.4 is 5.32 Å². The molecule has 0 aromatic heterocycles. The minimum atomic E-state index is 0.585. The summed E-state index contributed by atoms with van der Waals surface area (Å²) < 4.78 is 0.